The first-order valence-corrected chi connectivity index (χ1v) is 4.25. The molecule has 12 heavy (non-hydrogen) atoms. The van der Waals surface area contributed by atoms with Gasteiger partial charge in [0.2, 0.25) is 0 Å². The number of benzene rings is 1. The minimum absolute atomic E-state index is 0.227. The summed E-state index contributed by atoms with van der Waals surface area (Å²) in [6.45, 7) is 5.83. The summed E-state index contributed by atoms with van der Waals surface area (Å²) in [4.78, 5) is 0. The molecule has 2 heteroatoms. The van der Waals surface area contributed by atoms with Gasteiger partial charge in [-0.25, -0.2) is 4.39 Å². The first kappa shape index (κ1) is 9.53. The van der Waals surface area contributed by atoms with Crippen LogP contribution in [0, 0.1) is 5.82 Å². The Hall–Kier alpha value is -0.560. The van der Waals surface area contributed by atoms with Crippen LogP contribution in [0.25, 0.3) is 0 Å². The second-order valence-corrected chi connectivity index (χ2v) is 4.25. The molecule has 1 aromatic rings. The zero-order valence-electron chi connectivity index (χ0n) is 7.49. The van der Waals surface area contributed by atoms with E-state index in [9.17, 15) is 4.39 Å². The van der Waals surface area contributed by atoms with E-state index in [1.807, 2.05) is 20.8 Å². The molecule has 0 aromatic heterocycles. The van der Waals surface area contributed by atoms with Gasteiger partial charge in [0.1, 0.15) is 5.82 Å². The number of hydrogen-bond donors (Lipinski definition) is 0. The Kier molecular flexibility index (Phi) is 2.43. The first-order valence-electron chi connectivity index (χ1n) is 3.87. The van der Waals surface area contributed by atoms with Gasteiger partial charge >= 0.3 is 0 Å². The molecule has 0 saturated carbocycles. The van der Waals surface area contributed by atoms with Crippen LogP contribution >= 0.6 is 11.6 Å². The lowest BCUT2D eigenvalue weighted by atomic mass is 9.86. The molecular formula is C10H12ClF. The zero-order chi connectivity index (χ0) is 9.35. The molecule has 0 heterocycles. The topological polar surface area (TPSA) is 0 Å². The van der Waals surface area contributed by atoms with Gasteiger partial charge in [-0.3, -0.25) is 0 Å². The van der Waals surface area contributed by atoms with Crippen molar-refractivity contribution in [1.82, 2.24) is 0 Å². The van der Waals surface area contributed by atoms with E-state index in [1.54, 1.807) is 12.1 Å². The van der Waals surface area contributed by atoms with Crippen molar-refractivity contribution in [2.24, 2.45) is 0 Å². The fourth-order valence-corrected chi connectivity index (χ4v) is 1.66. The largest absolute Gasteiger partial charge is 0.207 e. The van der Waals surface area contributed by atoms with Crippen LogP contribution in [-0.4, -0.2) is 0 Å². The van der Waals surface area contributed by atoms with E-state index in [-0.39, 0.29) is 11.2 Å². The molecule has 0 nitrogen and oxygen atoms in total. The molecular weight excluding hydrogens is 175 g/mol. The maximum absolute atomic E-state index is 13.3. The van der Waals surface area contributed by atoms with Crippen LogP contribution in [0.5, 0.6) is 0 Å². The Morgan fingerprint density at radius 1 is 1.25 bits per heavy atom. The van der Waals surface area contributed by atoms with Gasteiger partial charge in [-0.15, -0.1) is 0 Å². The van der Waals surface area contributed by atoms with E-state index in [0.29, 0.717) is 10.6 Å². The van der Waals surface area contributed by atoms with E-state index in [4.69, 9.17) is 11.6 Å². The third kappa shape index (κ3) is 1.78. The molecule has 0 atom stereocenters. The lowest BCUT2D eigenvalue weighted by Gasteiger charge is -2.20. The highest BCUT2D eigenvalue weighted by molar-refractivity contribution is 6.31. The van der Waals surface area contributed by atoms with Gasteiger partial charge in [0.15, 0.2) is 0 Å². The Morgan fingerprint density at radius 3 is 2.17 bits per heavy atom. The van der Waals surface area contributed by atoms with Gasteiger partial charge in [-0.2, -0.15) is 0 Å². The van der Waals surface area contributed by atoms with Gasteiger partial charge in [0, 0.05) is 10.6 Å². The van der Waals surface area contributed by atoms with E-state index in [0.717, 1.165) is 0 Å². The summed E-state index contributed by atoms with van der Waals surface area (Å²) in [7, 11) is 0. The number of hydrogen-bond acceptors (Lipinski definition) is 0. The first-order chi connectivity index (χ1) is 5.43. The lowest BCUT2D eigenvalue weighted by molar-refractivity contribution is 0.523. The minimum atomic E-state index is -0.234. The van der Waals surface area contributed by atoms with Crippen molar-refractivity contribution in [2.45, 2.75) is 26.2 Å². The predicted molar refractivity (Wildman–Crippen MR) is 50.1 cm³/mol. The monoisotopic (exact) mass is 186 g/mol. The zero-order valence-corrected chi connectivity index (χ0v) is 8.24. The summed E-state index contributed by atoms with van der Waals surface area (Å²) >= 11 is 5.87. The fourth-order valence-electron chi connectivity index (χ4n) is 1.21. The summed E-state index contributed by atoms with van der Waals surface area (Å²) in [5.41, 5.74) is 0.356. The SMILES string of the molecule is CC(C)(C)c1c(F)cccc1Cl. The Bertz CT molecular complexity index is 266. The molecule has 0 spiro atoms. The van der Waals surface area contributed by atoms with Gasteiger partial charge in [-0.05, 0) is 17.5 Å². The van der Waals surface area contributed by atoms with Crippen molar-refractivity contribution in [2.75, 3.05) is 0 Å². The quantitative estimate of drug-likeness (QED) is 0.579. The Labute approximate surface area is 77.4 Å². The second-order valence-electron chi connectivity index (χ2n) is 3.85. The molecule has 1 rings (SSSR count). The van der Waals surface area contributed by atoms with Crippen LogP contribution in [0.3, 0.4) is 0 Å². The average Bonchev–Trinajstić information content (AvgIpc) is 1.82. The normalized spacial score (nSPS) is 11.8. The lowest BCUT2D eigenvalue weighted by Crippen LogP contribution is -2.14. The maximum Gasteiger partial charge on any atom is 0.128 e. The fraction of sp³-hybridized carbons (Fsp3) is 0.400. The summed E-state index contributed by atoms with van der Waals surface area (Å²) in [5.74, 6) is -0.227. The smallest absolute Gasteiger partial charge is 0.128 e. The summed E-state index contributed by atoms with van der Waals surface area (Å²) < 4.78 is 13.3. The molecule has 0 aliphatic carbocycles. The van der Waals surface area contributed by atoms with Crippen LogP contribution < -0.4 is 0 Å². The molecule has 0 fully saturated rings. The Balaban J connectivity index is 3.31. The molecule has 0 amide bonds. The van der Waals surface area contributed by atoms with Gasteiger partial charge in [0.25, 0.3) is 0 Å². The molecule has 1 aromatic carbocycles. The molecule has 0 unspecified atom stereocenters. The third-order valence-corrected chi connectivity index (χ3v) is 2.03. The van der Waals surface area contributed by atoms with E-state index < -0.39 is 0 Å². The van der Waals surface area contributed by atoms with Crippen LogP contribution in [-0.2, 0) is 5.41 Å². The summed E-state index contributed by atoms with van der Waals surface area (Å²) in [5, 5.41) is 0.502. The van der Waals surface area contributed by atoms with Crippen molar-refractivity contribution >= 4 is 11.6 Å². The summed E-state index contributed by atoms with van der Waals surface area (Å²) in [6, 6.07) is 4.77. The molecule has 0 bridgehead atoms. The highest BCUT2D eigenvalue weighted by atomic mass is 35.5. The van der Waals surface area contributed by atoms with Crippen LogP contribution in [0.4, 0.5) is 4.39 Å². The highest BCUT2D eigenvalue weighted by Crippen LogP contribution is 2.31. The van der Waals surface area contributed by atoms with Crippen molar-refractivity contribution < 1.29 is 4.39 Å². The third-order valence-electron chi connectivity index (χ3n) is 1.71. The molecule has 0 aliphatic heterocycles. The van der Waals surface area contributed by atoms with Crippen LogP contribution in [0.2, 0.25) is 5.02 Å². The Morgan fingerprint density at radius 2 is 1.83 bits per heavy atom. The molecule has 66 valence electrons. The average molecular weight is 187 g/mol. The van der Waals surface area contributed by atoms with Gasteiger partial charge in [0.05, 0.1) is 0 Å². The molecule has 0 N–H and O–H groups in total. The standard InChI is InChI=1S/C10H12ClF/c1-10(2,3)9-7(11)5-4-6-8(9)12/h4-6H,1-3H3. The van der Waals surface area contributed by atoms with E-state index in [2.05, 4.69) is 0 Å². The maximum atomic E-state index is 13.3. The highest BCUT2D eigenvalue weighted by Gasteiger charge is 2.20. The minimum Gasteiger partial charge on any atom is -0.207 e. The predicted octanol–water partition coefficient (Wildman–Crippen LogP) is 3.78. The number of rotatable bonds is 0. The van der Waals surface area contributed by atoms with Crippen LogP contribution in [0.1, 0.15) is 26.3 Å². The molecule has 0 aliphatic rings. The van der Waals surface area contributed by atoms with Crippen molar-refractivity contribution in [3.05, 3.63) is 34.6 Å². The van der Waals surface area contributed by atoms with Crippen molar-refractivity contribution in [3.8, 4) is 0 Å². The van der Waals surface area contributed by atoms with Crippen molar-refractivity contribution in [3.63, 3.8) is 0 Å². The van der Waals surface area contributed by atoms with E-state index >= 15 is 0 Å². The molecule has 0 saturated heterocycles. The van der Waals surface area contributed by atoms with Gasteiger partial charge in [-0.1, -0.05) is 38.4 Å². The second kappa shape index (κ2) is 3.06. The molecule has 0 radical (unpaired) electrons. The van der Waals surface area contributed by atoms with Gasteiger partial charge < -0.3 is 0 Å². The number of halogens is 2. The van der Waals surface area contributed by atoms with Crippen molar-refractivity contribution in [1.29, 1.82) is 0 Å². The van der Waals surface area contributed by atoms with Crippen LogP contribution in [0.15, 0.2) is 18.2 Å². The van der Waals surface area contributed by atoms with E-state index in [1.165, 1.54) is 6.07 Å². The summed E-state index contributed by atoms with van der Waals surface area (Å²) in [6.07, 6.45) is 0.